The van der Waals surface area contributed by atoms with Crippen LogP contribution in [0.4, 0.5) is 0 Å². The van der Waals surface area contributed by atoms with Crippen LogP contribution in [-0.4, -0.2) is 15.0 Å². The van der Waals surface area contributed by atoms with Crippen molar-refractivity contribution < 1.29 is 0 Å². The van der Waals surface area contributed by atoms with Crippen LogP contribution >= 0.6 is 0 Å². The number of aromatic amines is 1. The summed E-state index contributed by atoms with van der Waals surface area (Å²) in [6.07, 6.45) is 5.28. The van der Waals surface area contributed by atoms with Gasteiger partial charge in [0, 0.05) is 29.5 Å². The van der Waals surface area contributed by atoms with Crippen molar-refractivity contribution in [1.82, 2.24) is 15.0 Å². The standard InChI is InChI=1S/C13H8N4/c14-7-10-6-9(3-5-15-10)12-8-17-13-11(12)2-1-4-16-13/h1-6,8H,(H,16,17). The number of H-pyrrole nitrogens is 1. The summed E-state index contributed by atoms with van der Waals surface area (Å²) < 4.78 is 0. The van der Waals surface area contributed by atoms with E-state index in [1.807, 2.05) is 30.5 Å². The van der Waals surface area contributed by atoms with E-state index in [1.165, 1.54) is 0 Å². The van der Waals surface area contributed by atoms with Gasteiger partial charge in [0.15, 0.2) is 0 Å². The van der Waals surface area contributed by atoms with Crippen molar-refractivity contribution in [1.29, 1.82) is 5.26 Å². The fraction of sp³-hybridized carbons (Fsp3) is 0. The molecule has 0 unspecified atom stereocenters. The van der Waals surface area contributed by atoms with Gasteiger partial charge in [0.1, 0.15) is 17.4 Å². The van der Waals surface area contributed by atoms with Gasteiger partial charge >= 0.3 is 0 Å². The summed E-state index contributed by atoms with van der Waals surface area (Å²) in [5.74, 6) is 0. The molecular weight excluding hydrogens is 212 g/mol. The Bertz CT molecular complexity index is 721. The van der Waals surface area contributed by atoms with Gasteiger partial charge in [-0.15, -0.1) is 0 Å². The lowest BCUT2D eigenvalue weighted by molar-refractivity contribution is 1.27. The summed E-state index contributed by atoms with van der Waals surface area (Å²) >= 11 is 0. The SMILES string of the molecule is N#Cc1cc(-c2c[nH]c3ncccc23)ccn1. The summed E-state index contributed by atoms with van der Waals surface area (Å²) in [7, 11) is 0. The zero-order valence-electron chi connectivity index (χ0n) is 8.88. The van der Waals surface area contributed by atoms with Crippen LogP contribution in [-0.2, 0) is 0 Å². The number of fused-ring (bicyclic) bond motifs is 1. The Labute approximate surface area is 97.6 Å². The normalized spacial score (nSPS) is 10.3. The molecule has 0 spiro atoms. The molecule has 0 aliphatic rings. The first-order valence-electron chi connectivity index (χ1n) is 5.17. The van der Waals surface area contributed by atoms with E-state index in [4.69, 9.17) is 5.26 Å². The third-order valence-electron chi connectivity index (χ3n) is 2.64. The first kappa shape index (κ1) is 9.55. The van der Waals surface area contributed by atoms with Gasteiger partial charge in [-0.05, 0) is 29.8 Å². The molecular formula is C13H8N4. The predicted molar refractivity (Wildman–Crippen MR) is 64.0 cm³/mol. The highest BCUT2D eigenvalue weighted by atomic mass is 14.8. The highest BCUT2D eigenvalue weighted by Crippen LogP contribution is 2.27. The fourth-order valence-electron chi connectivity index (χ4n) is 1.85. The molecule has 17 heavy (non-hydrogen) atoms. The van der Waals surface area contributed by atoms with E-state index in [0.717, 1.165) is 22.2 Å². The van der Waals surface area contributed by atoms with Gasteiger partial charge in [-0.3, -0.25) is 0 Å². The zero-order valence-corrected chi connectivity index (χ0v) is 8.88. The largest absolute Gasteiger partial charge is 0.346 e. The summed E-state index contributed by atoms with van der Waals surface area (Å²) in [6, 6.07) is 9.59. The molecule has 4 nitrogen and oxygen atoms in total. The maximum absolute atomic E-state index is 8.84. The molecule has 3 heterocycles. The molecule has 0 fully saturated rings. The van der Waals surface area contributed by atoms with Crippen molar-refractivity contribution in [3.63, 3.8) is 0 Å². The molecule has 0 aliphatic carbocycles. The van der Waals surface area contributed by atoms with E-state index < -0.39 is 0 Å². The molecule has 0 aromatic carbocycles. The summed E-state index contributed by atoms with van der Waals surface area (Å²) in [6.45, 7) is 0. The average molecular weight is 220 g/mol. The molecule has 0 radical (unpaired) electrons. The van der Waals surface area contributed by atoms with Gasteiger partial charge in [0.2, 0.25) is 0 Å². The molecule has 0 bridgehead atoms. The number of hydrogen-bond donors (Lipinski definition) is 1. The minimum atomic E-state index is 0.417. The van der Waals surface area contributed by atoms with Crippen LogP contribution in [0, 0.1) is 11.3 Å². The second-order valence-electron chi connectivity index (χ2n) is 3.64. The number of nitrogens with one attached hydrogen (secondary N) is 1. The number of hydrogen-bond acceptors (Lipinski definition) is 3. The predicted octanol–water partition coefficient (Wildman–Crippen LogP) is 2.50. The molecule has 0 saturated heterocycles. The van der Waals surface area contributed by atoms with Crippen molar-refractivity contribution in [3.8, 4) is 17.2 Å². The topological polar surface area (TPSA) is 65.4 Å². The molecule has 3 aromatic rings. The first-order valence-corrected chi connectivity index (χ1v) is 5.17. The number of nitriles is 1. The van der Waals surface area contributed by atoms with E-state index in [9.17, 15) is 0 Å². The van der Waals surface area contributed by atoms with Crippen LogP contribution in [0.2, 0.25) is 0 Å². The van der Waals surface area contributed by atoms with Crippen LogP contribution < -0.4 is 0 Å². The lowest BCUT2D eigenvalue weighted by Crippen LogP contribution is -1.83. The third kappa shape index (κ3) is 1.54. The summed E-state index contributed by atoms with van der Waals surface area (Å²) in [4.78, 5) is 11.3. The second-order valence-corrected chi connectivity index (χ2v) is 3.64. The Kier molecular flexibility index (Phi) is 2.09. The van der Waals surface area contributed by atoms with E-state index in [-0.39, 0.29) is 0 Å². The second kappa shape index (κ2) is 3.72. The van der Waals surface area contributed by atoms with Crippen molar-refractivity contribution >= 4 is 11.0 Å². The van der Waals surface area contributed by atoms with Crippen LogP contribution in [0.5, 0.6) is 0 Å². The van der Waals surface area contributed by atoms with Crippen LogP contribution in [0.15, 0.2) is 42.9 Å². The monoisotopic (exact) mass is 220 g/mol. The minimum Gasteiger partial charge on any atom is -0.346 e. The minimum absolute atomic E-state index is 0.417. The van der Waals surface area contributed by atoms with Gasteiger partial charge in [-0.2, -0.15) is 5.26 Å². The summed E-state index contributed by atoms with van der Waals surface area (Å²) in [5, 5.41) is 9.88. The zero-order chi connectivity index (χ0) is 11.7. The number of pyridine rings is 2. The van der Waals surface area contributed by atoms with Crippen LogP contribution in [0.1, 0.15) is 5.69 Å². The number of rotatable bonds is 1. The first-order chi connectivity index (χ1) is 8.38. The molecule has 1 N–H and O–H groups in total. The van der Waals surface area contributed by atoms with E-state index >= 15 is 0 Å². The van der Waals surface area contributed by atoms with E-state index in [0.29, 0.717) is 5.69 Å². The Balaban J connectivity index is 2.24. The van der Waals surface area contributed by atoms with Gasteiger partial charge in [-0.25, -0.2) is 9.97 Å². The number of nitrogens with zero attached hydrogens (tertiary/aromatic N) is 3. The molecule has 3 rings (SSSR count). The lowest BCUT2D eigenvalue weighted by atomic mass is 10.1. The molecule has 0 saturated carbocycles. The Morgan fingerprint density at radius 1 is 1.18 bits per heavy atom. The van der Waals surface area contributed by atoms with Gasteiger partial charge in [-0.1, -0.05) is 0 Å². The quantitative estimate of drug-likeness (QED) is 0.685. The Morgan fingerprint density at radius 2 is 2.12 bits per heavy atom. The Hall–Kier alpha value is -2.67. The van der Waals surface area contributed by atoms with E-state index in [2.05, 4.69) is 15.0 Å². The van der Waals surface area contributed by atoms with Crippen LogP contribution in [0.25, 0.3) is 22.2 Å². The third-order valence-corrected chi connectivity index (χ3v) is 2.64. The molecule has 3 aromatic heterocycles. The summed E-state index contributed by atoms with van der Waals surface area (Å²) in [5.41, 5.74) is 3.27. The van der Waals surface area contributed by atoms with Crippen molar-refractivity contribution in [2.45, 2.75) is 0 Å². The van der Waals surface area contributed by atoms with Crippen LogP contribution in [0.3, 0.4) is 0 Å². The van der Waals surface area contributed by atoms with Crippen molar-refractivity contribution in [2.24, 2.45) is 0 Å². The van der Waals surface area contributed by atoms with Crippen molar-refractivity contribution in [3.05, 3.63) is 48.5 Å². The van der Waals surface area contributed by atoms with E-state index in [1.54, 1.807) is 18.5 Å². The van der Waals surface area contributed by atoms with Gasteiger partial charge in [0.05, 0.1) is 0 Å². The highest BCUT2D eigenvalue weighted by Gasteiger charge is 2.06. The average Bonchev–Trinajstić information content (AvgIpc) is 2.82. The highest BCUT2D eigenvalue weighted by molar-refractivity contribution is 5.93. The number of aromatic nitrogens is 3. The molecule has 0 amide bonds. The maximum Gasteiger partial charge on any atom is 0.141 e. The molecule has 0 atom stereocenters. The molecule has 0 aliphatic heterocycles. The Morgan fingerprint density at radius 3 is 3.00 bits per heavy atom. The molecule has 4 heteroatoms. The fourth-order valence-corrected chi connectivity index (χ4v) is 1.85. The maximum atomic E-state index is 8.84. The van der Waals surface area contributed by atoms with Gasteiger partial charge < -0.3 is 4.98 Å². The molecule has 80 valence electrons. The smallest absolute Gasteiger partial charge is 0.141 e. The lowest BCUT2D eigenvalue weighted by Gasteiger charge is -1.98. The van der Waals surface area contributed by atoms with Gasteiger partial charge in [0.25, 0.3) is 0 Å². The van der Waals surface area contributed by atoms with Crippen molar-refractivity contribution in [2.75, 3.05) is 0 Å².